The third-order valence-electron chi connectivity index (χ3n) is 4.83. The molecule has 0 spiro atoms. The summed E-state index contributed by atoms with van der Waals surface area (Å²) in [6.07, 6.45) is 1.56. The average Bonchev–Trinajstić information content (AvgIpc) is 2.78. The Hall–Kier alpha value is -3.18. The van der Waals surface area contributed by atoms with Crippen LogP contribution >= 0.6 is 11.8 Å². The van der Waals surface area contributed by atoms with Crippen LogP contribution in [0.2, 0.25) is 0 Å². The third kappa shape index (κ3) is 4.86. The van der Waals surface area contributed by atoms with Crippen LogP contribution in [0.3, 0.4) is 0 Å². The summed E-state index contributed by atoms with van der Waals surface area (Å²) < 4.78 is 0. The smallest absolute Gasteiger partial charge is 0.234 e. The van der Waals surface area contributed by atoms with E-state index in [1.165, 1.54) is 17.3 Å². The van der Waals surface area contributed by atoms with Crippen molar-refractivity contribution in [1.82, 2.24) is 9.97 Å². The number of amides is 1. The highest BCUT2D eigenvalue weighted by atomic mass is 32.2. The van der Waals surface area contributed by atoms with Crippen molar-refractivity contribution in [2.45, 2.75) is 24.8 Å². The monoisotopic (exact) mass is 413 g/mol. The molecule has 1 heterocycles. The molecule has 4 aromatic rings. The summed E-state index contributed by atoms with van der Waals surface area (Å²) in [5.74, 6) is 0.244. The van der Waals surface area contributed by atoms with Crippen LogP contribution in [0, 0.1) is 0 Å². The fourth-order valence-electron chi connectivity index (χ4n) is 3.31. The van der Waals surface area contributed by atoms with E-state index >= 15 is 0 Å². The third-order valence-corrected chi connectivity index (χ3v) is 5.84. The number of para-hydroxylation sites is 3. The number of hydrogen-bond acceptors (Lipinski definition) is 4. The van der Waals surface area contributed by atoms with Crippen LogP contribution in [0.1, 0.15) is 23.7 Å². The molecule has 5 heteroatoms. The lowest BCUT2D eigenvalue weighted by Crippen LogP contribution is -2.15. The van der Waals surface area contributed by atoms with Crippen LogP contribution in [-0.2, 0) is 17.6 Å². The largest absolute Gasteiger partial charge is 0.325 e. The Kier molecular flexibility index (Phi) is 6.40. The fourth-order valence-corrected chi connectivity index (χ4v) is 4.10. The molecule has 0 saturated heterocycles. The van der Waals surface area contributed by atoms with Crippen molar-refractivity contribution >= 4 is 34.4 Å². The van der Waals surface area contributed by atoms with Crippen molar-refractivity contribution in [3.63, 3.8) is 0 Å². The summed E-state index contributed by atoms with van der Waals surface area (Å²) in [6, 6.07) is 26.0. The topological polar surface area (TPSA) is 54.9 Å². The first-order chi connectivity index (χ1) is 14.7. The van der Waals surface area contributed by atoms with Crippen molar-refractivity contribution in [2.75, 3.05) is 11.1 Å². The first-order valence-electron chi connectivity index (χ1n) is 10.0. The highest BCUT2D eigenvalue weighted by Gasteiger charge is 2.13. The molecule has 1 aromatic heterocycles. The van der Waals surface area contributed by atoms with E-state index < -0.39 is 0 Å². The minimum atomic E-state index is -0.0403. The van der Waals surface area contributed by atoms with Gasteiger partial charge in [-0.25, -0.2) is 9.97 Å². The minimum absolute atomic E-state index is 0.0403. The maximum atomic E-state index is 12.6. The van der Waals surface area contributed by atoms with Crippen molar-refractivity contribution in [3.8, 4) is 0 Å². The number of nitrogens with zero attached hydrogens (tertiary/aromatic N) is 2. The van der Waals surface area contributed by atoms with Crippen LogP contribution in [-0.4, -0.2) is 21.6 Å². The Morgan fingerprint density at radius 2 is 1.53 bits per heavy atom. The number of carbonyl (C=O) groups excluding carboxylic acids is 1. The number of hydrogen-bond donors (Lipinski definition) is 1. The van der Waals surface area contributed by atoms with Gasteiger partial charge in [-0.3, -0.25) is 4.79 Å². The molecule has 0 fully saturated rings. The molecule has 4 nitrogen and oxygen atoms in total. The predicted octanol–water partition coefficient (Wildman–Crippen LogP) is 5.51. The lowest BCUT2D eigenvalue weighted by Gasteiger charge is -2.11. The zero-order chi connectivity index (χ0) is 20.8. The fraction of sp³-hybridized carbons (Fsp3) is 0.160. The highest BCUT2D eigenvalue weighted by molar-refractivity contribution is 8.00. The number of rotatable bonds is 7. The van der Waals surface area contributed by atoms with Gasteiger partial charge in [0, 0.05) is 12.1 Å². The molecule has 0 atom stereocenters. The quantitative estimate of drug-likeness (QED) is 0.406. The van der Waals surface area contributed by atoms with Gasteiger partial charge in [0.25, 0.3) is 0 Å². The number of carbonyl (C=O) groups is 1. The van der Waals surface area contributed by atoms with E-state index in [0.717, 1.165) is 39.4 Å². The Morgan fingerprint density at radius 3 is 2.30 bits per heavy atom. The van der Waals surface area contributed by atoms with Crippen molar-refractivity contribution < 1.29 is 4.79 Å². The molecular weight excluding hydrogens is 390 g/mol. The van der Waals surface area contributed by atoms with E-state index in [1.54, 1.807) is 0 Å². The molecule has 0 unspecified atom stereocenters. The van der Waals surface area contributed by atoms with Gasteiger partial charge in [-0.2, -0.15) is 0 Å². The number of fused-ring (bicyclic) bond motifs is 1. The van der Waals surface area contributed by atoms with Crippen molar-refractivity contribution in [1.29, 1.82) is 0 Å². The summed E-state index contributed by atoms with van der Waals surface area (Å²) in [5.41, 5.74) is 5.78. The van der Waals surface area contributed by atoms with Crippen LogP contribution in [0.15, 0.2) is 83.9 Å². The number of aryl methyl sites for hydroxylation is 1. The zero-order valence-electron chi connectivity index (χ0n) is 16.8. The molecule has 150 valence electrons. The van der Waals surface area contributed by atoms with E-state index in [1.807, 2.05) is 66.7 Å². The SMILES string of the molecule is CCc1ccccc1NC(=O)CSc1nc2ccccc2nc1Cc1ccccc1. The molecule has 0 bridgehead atoms. The van der Waals surface area contributed by atoms with E-state index in [9.17, 15) is 4.79 Å². The molecule has 0 saturated carbocycles. The first-order valence-corrected chi connectivity index (χ1v) is 11.0. The van der Waals surface area contributed by atoms with Gasteiger partial charge >= 0.3 is 0 Å². The molecule has 1 N–H and O–H groups in total. The van der Waals surface area contributed by atoms with Crippen molar-refractivity contribution in [2.24, 2.45) is 0 Å². The lowest BCUT2D eigenvalue weighted by molar-refractivity contribution is -0.113. The Labute approximate surface area is 180 Å². The summed E-state index contributed by atoms with van der Waals surface area (Å²) >= 11 is 1.44. The van der Waals surface area contributed by atoms with Crippen LogP contribution in [0.5, 0.6) is 0 Å². The van der Waals surface area contributed by atoms with Gasteiger partial charge in [-0.15, -0.1) is 0 Å². The van der Waals surface area contributed by atoms with E-state index in [2.05, 4.69) is 24.4 Å². The Balaban J connectivity index is 1.54. The van der Waals surface area contributed by atoms with E-state index in [0.29, 0.717) is 6.42 Å². The molecule has 4 rings (SSSR count). The maximum Gasteiger partial charge on any atom is 0.234 e. The van der Waals surface area contributed by atoms with Gasteiger partial charge in [0.05, 0.1) is 22.5 Å². The molecule has 0 aliphatic rings. The van der Waals surface area contributed by atoms with Crippen LogP contribution < -0.4 is 5.32 Å². The molecule has 1 amide bonds. The van der Waals surface area contributed by atoms with Gasteiger partial charge in [0.2, 0.25) is 5.91 Å². The molecule has 0 aliphatic heterocycles. The van der Waals surface area contributed by atoms with Gasteiger partial charge < -0.3 is 5.32 Å². The zero-order valence-corrected chi connectivity index (χ0v) is 17.7. The molecule has 30 heavy (non-hydrogen) atoms. The molecule has 0 aliphatic carbocycles. The molecular formula is C25H23N3OS. The Bertz CT molecular complexity index is 1160. The second kappa shape index (κ2) is 9.55. The van der Waals surface area contributed by atoms with Crippen LogP contribution in [0.25, 0.3) is 11.0 Å². The minimum Gasteiger partial charge on any atom is -0.325 e. The highest BCUT2D eigenvalue weighted by Crippen LogP contribution is 2.25. The summed E-state index contributed by atoms with van der Waals surface area (Å²) in [4.78, 5) is 22.3. The van der Waals surface area contributed by atoms with E-state index in [4.69, 9.17) is 9.97 Å². The molecule has 3 aromatic carbocycles. The number of benzene rings is 3. The molecule has 0 radical (unpaired) electrons. The number of thioether (sulfide) groups is 1. The van der Waals surface area contributed by atoms with Gasteiger partial charge in [-0.05, 0) is 35.7 Å². The Morgan fingerprint density at radius 1 is 0.867 bits per heavy atom. The van der Waals surface area contributed by atoms with E-state index in [-0.39, 0.29) is 11.7 Å². The van der Waals surface area contributed by atoms with Crippen LogP contribution in [0.4, 0.5) is 5.69 Å². The normalized spacial score (nSPS) is 10.8. The maximum absolute atomic E-state index is 12.6. The van der Waals surface area contributed by atoms with Gasteiger partial charge in [-0.1, -0.05) is 79.3 Å². The second-order valence-electron chi connectivity index (χ2n) is 6.97. The number of aromatic nitrogens is 2. The lowest BCUT2D eigenvalue weighted by atomic mass is 10.1. The predicted molar refractivity (Wildman–Crippen MR) is 124 cm³/mol. The second-order valence-corrected chi connectivity index (χ2v) is 7.94. The number of anilines is 1. The van der Waals surface area contributed by atoms with Crippen molar-refractivity contribution in [3.05, 3.63) is 95.7 Å². The van der Waals surface area contributed by atoms with Gasteiger partial charge in [0.1, 0.15) is 5.03 Å². The van der Waals surface area contributed by atoms with Gasteiger partial charge in [0.15, 0.2) is 0 Å². The first kappa shape index (κ1) is 20.1. The summed E-state index contributed by atoms with van der Waals surface area (Å²) in [6.45, 7) is 2.08. The summed E-state index contributed by atoms with van der Waals surface area (Å²) in [5, 5.41) is 3.83. The average molecular weight is 414 g/mol. The summed E-state index contributed by atoms with van der Waals surface area (Å²) in [7, 11) is 0. The number of nitrogens with one attached hydrogen (secondary N) is 1. The standard InChI is InChI=1S/C25H23N3OS/c1-2-19-12-6-7-13-20(19)27-24(29)17-30-25-23(16-18-10-4-3-5-11-18)26-21-14-8-9-15-22(21)28-25/h3-15H,2,16-17H2,1H3,(H,27,29).